The fourth-order valence-electron chi connectivity index (χ4n) is 1.50. The molecule has 0 radical (unpaired) electrons. The molecular formula is C13H17ClF2. The molecule has 1 rings (SSSR count). The molecule has 1 aromatic carbocycles. The Labute approximate surface area is 101 Å². The van der Waals surface area contributed by atoms with Crippen LogP contribution >= 0.6 is 11.6 Å². The number of hydrogen-bond acceptors (Lipinski definition) is 0. The maximum atomic E-state index is 13.0. The van der Waals surface area contributed by atoms with Gasteiger partial charge in [0.25, 0.3) is 0 Å². The normalized spacial score (nSPS) is 15.2. The maximum Gasteiger partial charge on any atom is 0.159 e. The fourth-order valence-corrected chi connectivity index (χ4v) is 1.96. The highest BCUT2D eigenvalue weighted by molar-refractivity contribution is 6.20. The predicted octanol–water partition coefficient (Wildman–Crippen LogP) is 4.41. The van der Waals surface area contributed by atoms with Gasteiger partial charge in [0, 0.05) is 5.38 Å². The third-order valence-electron chi connectivity index (χ3n) is 3.04. The van der Waals surface area contributed by atoms with Gasteiger partial charge >= 0.3 is 0 Å². The van der Waals surface area contributed by atoms with Crippen LogP contribution in [0.2, 0.25) is 0 Å². The maximum absolute atomic E-state index is 13.0. The van der Waals surface area contributed by atoms with E-state index in [1.807, 2.05) is 0 Å². The summed E-state index contributed by atoms with van der Waals surface area (Å²) in [7, 11) is 0. The Kier molecular flexibility index (Phi) is 4.72. The van der Waals surface area contributed by atoms with Crippen LogP contribution in [0.25, 0.3) is 0 Å². The van der Waals surface area contributed by atoms with Crippen LogP contribution in [0.3, 0.4) is 0 Å². The lowest BCUT2D eigenvalue weighted by molar-refractivity contribution is 0.398. The zero-order chi connectivity index (χ0) is 12.3. The quantitative estimate of drug-likeness (QED) is 0.691. The topological polar surface area (TPSA) is 0 Å². The summed E-state index contributed by atoms with van der Waals surface area (Å²) in [6.45, 7) is 6.28. The molecular weight excluding hydrogens is 230 g/mol. The minimum absolute atomic E-state index is 0.0511. The van der Waals surface area contributed by atoms with E-state index in [-0.39, 0.29) is 5.38 Å². The zero-order valence-corrected chi connectivity index (χ0v) is 10.6. The van der Waals surface area contributed by atoms with Crippen molar-refractivity contribution >= 4 is 11.6 Å². The molecule has 0 N–H and O–H groups in total. The fraction of sp³-hybridized carbons (Fsp3) is 0.538. The summed E-state index contributed by atoms with van der Waals surface area (Å²) in [5.41, 5.74) is 0.742. The lowest BCUT2D eigenvalue weighted by Crippen LogP contribution is -2.19. The van der Waals surface area contributed by atoms with E-state index in [1.165, 1.54) is 6.07 Å². The monoisotopic (exact) mass is 246 g/mol. The highest BCUT2D eigenvalue weighted by Crippen LogP contribution is 2.23. The first-order valence-corrected chi connectivity index (χ1v) is 5.93. The molecule has 2 unspecified atom stereocenters. The van der Waals surface area contributed by atoms with Crippen molar-refractivity contribution in [3.8, 4) is 0 Å². The lowest BCUT2D eigenvalue weighted by atomic mass is 9.91. The predicted molar refractivity (Wildman–Crippen MR) is 63.7 cm³/mol. The Bertz CT molecular complexity index is 350. The van der Waals surface area contributed by atoms with Crippen molar-refractivity contribution in [2.45, 2.75) is 32.6 Å². The second-order valence-corrected chi connectivity index (χ2v) is 5.13. The molecule has 0 nitrogen and oxygen atoms in total. The van der Waals surface area contributed by atoms with Crippen LogP contribution in [0.1, 0.15) is 26.3 Å². The van der Waals surface area contributed by atoms with Crippen molar-refractivity contribution in [1.82, 2.24) is 0 Å². The minimum atomic E-state index is -0.813. The summed E-state index contributed by atoms with van der Waals surface area (Å²) >= 11 is 6.24. The van der Waals surface area contributed by atoms with Crippen LogP contribution < -0.4 is 0 Å². The molecule has 0 saturated heterocycles. The average Bonchev–Trinajstić information content (AvgIpc) is 2.22. The molecule has 0 heterocycles. The van der Waals surface area contributed by atoms with Crippen molar-refractivity contribution in [3.05, 3.63) is 35.4 Å². The van der Waals surface area contributed by atoms with Crippen LogP contribution in [0.4, 0.5) is 8.78 Å². The molecule has 2 atom stereocenters. The van der Waals surface area contributed by atoms with Gasteiger partial charge in [-0.25, -0.2) is 8.78 Å². The zero-order valence-electron chi connectivity index (χ0n) is 9.81. The van der Waals surface area contributed by atoms with E-state index in [9.17, 15) is 8.78 Å². The second-order valence-electron chi connectivity index (χ2n) is 4.57. The molecule has 0 bridgehead atoms. The number of hydrogen-bond donors (Lipinski definition) is 0. The molecule has 0 spiro atoms. The highest BCUT2D eigenvalue weighted by atomic mass is 35.5. The molecule has 0 fully saturated rings. The molecule has 0 aliphatic rings. The van der Waals surface area contributed by atoms with Crippen molar-refractivity contribution in [3.63, 3.8) is 0 Å². The summed E-state index contributed by atoms with van der Waals surface area (Å²) < 4.78 is 25.7. The van der Waals surface area contributed by atoms with E-state index < -0.39 is 11.6 Å². The summed E-state index contributed by atoms with van der Waals surface area (Å²) in [6, 6.07) is 3.95. The van der Waals surface area contributed by atoms with Gasteiger partial charge in [0.1, 0.15) is 0 Å². The van der Waals surface area contributed by atoms with E-state index >= 15 is 0 Å². The van der Waals surface area contributed by atoms with E-state index in [1.54, 1.807) is 6.07 Å². The van der Waals surface area contributed by atoms with Gasteiger partial charge < -0.3 is 0 Å². The van der Waals surface area contributed by atoms with Crippen LogP contribution in [-0.2, 0) is 6.42 Å². The van der Waals surface area contributed by atoms with Crippen molar-refractivity contribution in [1.29, 1.82) is 0 Å². The Morgan fingerprint density at radius 3 is 2.25 bits per heavy atom. The van der Waals surface area contributed by atoms with Crippen molar-refractivity contribution in [2.24, 2.45) is 11.8 Å². The first-order valence-electron chi connectivity index (χ1n) is 5.49. The molecule has 0 aromatic heterocycles. The summed E-state index contributed by atoms with van der Waals surface area (Å²) in [6.07, 6.45) is 0.568. The number of alkyl halides is 1. The summed E-state index contributed by atoms with van der Waals surface area (Å²) in [5.74, 6) is -0.798. The van der Waals surface area contributed by atoms with Gasteiger partial charge in [-0.05, 0) is 36.0 Å². The molecule has 1 aromatic rings. The molecule has 3 heteroatoms. The third-order valence-corrected chi connectivity index (χ3v) is 3.59. The SMILES string of the molecule is CC(C)C(C)C(Cl)Cc1ccc(F)c(F)c1. The Hall–Kier alpha value is -0.630. The van der Waals surface area contributed by atoms with Gasteiger partial charge in [-0.2, -0.15) is 0 Å². The Balaban J connectivity index is 2.69. The van der Waals surface area contributed by atoms with Gasteiger partial charge in [0.15, 0.2) is 11.6 Å². The highest BCUT2D eigenvalue weighted by Gasteiger charge is 2.18. The van der Waals surface area contributed by atoms with Crippen LogP contribution in [0.15, 0.2) is 18.2 Å². The first kappa shape index (κ1) is 13.4. The molecule has 0 aliphatic carbocycles. The van der Waals surface area contributed by atoms with E-state index in [0.29, 0.717) is 18.3 Å². The van der Waals surface area contributed by atoms with Crippen LogP contribution in [0.5, 0.6) is 0 Å². The van der Waals surface area contributed by atoms with Crippen molar-refractivity contribution in [2.75, 3.05) is 0 Å². The van der Waals surface area contributed by atoms with E-state index in [2.05, 4.69) is 20.8 Å². The Morgan fingerprint density at radius 2 is 1.75 bits per heavy atom. The Morgan fingerprint density at radius 1 is 1.12 bits per heavy atom. The van der Waals surface area contributed by atoms with Gasteiger partial charge in [-0.3, -0.25) is 0 Å². The number of halogens is 3. The first-order chi connectivity index (χ1) is 7.41. The average molecular weight is 247 g/mol. The summed E-state index contributed by atoms with van der Waals surface area (Å²) in [4.78, 5) is 0. The van der Waals surface area contributed by atoms with Crippen LogP contribution in [0, 0.1) is 23.5 Å². The van der Waals surface area contributed by atoms with E-state index in [4.69, 9.17) is 11.6 Å². The summed E-state index contributed by atoms with van der Waals surface area (Å²) in [5, 5.41) is -0.0511. The second kappa shape index (κ2) is 5.62. The largest absolute Gasteiger partial charge is 0.204 e. The smallest absolute Gasteiger partial charge is 0.159 e. The number of benzene rings is 1. The van der Waals surface area contributed by atoms with Gasteiger partial charge in [-0.15, -0.1) is 11.6 Å². The van der Waals surface area contributed by atoms with Gasteiger partial charge in [-0.1, -0.05) is 26.8 Å². The van der Waals surface area contributed by atoms with Gasteiger partial charge in [0.05, 0.1) is 0 Å². The lowest BCUT2D eigenvalue weighted by Gasteiger charge is -2.21. The van der Waals surface area contributed by atoms with Crippen molar-refractivity contribution < 1.29 is 8.78 Å². The molecule has 0 amide bonds. The molecule has 0 aliphatic heterocycles. The molecule has 90 valence electrons. The van der Waals surface area contributed by atoms with Crippen LogP contribution in [-0.4, -0.2) is 5.38 Å². The standard InChI is InChI=1S/C13H17ClF2/c1-8(2)9(3)11(14)6-10-4-5-12(15)13(16)7-10/h4-5,7-9,11H,6H2,1-3H3. The third kappa shape index (κ3) is 3.44. The molecule has 0 saturated carbocycles. The van der Waals surface area contributed by atoms with E-state index in [0.717, 1.165) is 11.6 Å². The molecule has 16 heavy (non-hydrogen) atoms. The number of rotatable bonds is 4. The van der Waals surface area contributed by atoms with Gasteiger partial charge in [0.2, 0.25) is 0 Å². The minimum Gasteiger partial charge on any atom is -0.204 e.